The fourth-order valence-electron chi connectivity index (χ4n) is 2.33. The topological polar surface area (TPSA) is 54.0 Å². The van der Waals surface area contributed by atoms with Crippen LogP contribution in [0, 0.1) is 6.92 Å². The summed E-state index contributed by atoms with van der Waals surface area (Å²) in [7, 11) is 0. The third-order valence-electron chi connectivity index (χ3n) is 3.33. The number of rotatable bonds is 3. The van der Waals surface area contributed by atoms with Gasteiger partial charge in [-0.3, -0.25) is 9.78 Å². The lowest BCUT2D eigenvalue weighted by atomic mass is 10.0. The quantitative estimate of drug-likeness (QED) is 0.896. The highest BCUT2D eigenvalue weighted by Gasteiger charge is 2.19. The molecule has 20 heavy (non-hydrogen) atoms. The molecule has 1 fully saturated rings. The van der Waals surface area contributed by atoms with Crippen LogP contribution in [-0.4, -0.2) is 29.5 Å². The van der Waals surface area contributed by atoms with Crippen molar-refractivity contribution < 1.29 is 4.79 Å². The average molecular weight is 320 g/mol. The zero-order valence-electron chi connectivity index (χ0n) is 11.9. The molecule has 0 aromatic carbocycles. The maximum Gasteiger partial charge on any atom is 0.224 e. The van der Waals surface area contributed by atoms with Gasteiger partial charge in [-0.05, 0) is 44.9 Å². The van der Waals surface area contributed by atoms with Gasteiger partial charge in [0.2, 0.25) is 5.91 Å². The van der Waals surface area contributed by atoms with Crippen LogP contribution in [0.3, 0.4) is 0 Å². The number of carbonyl (C=O) groups excluding carboxylic acids is 1. The van der Waals surface area contributed by atoms with Gasteiger partial charge in [0.05, 0.1) is 6.42 Å². The van der Waals surface area contributed by atoms with Crippen LogP contribution in [0.1, 0.15) is 31.0 Å². The van der Waals surface area contributed by atoms with Gasteiger partial charge < -0.3 is 10.6 Å². The van der Waals surface area contributed by atoms with E-state index in [2.05, 4.69) is 22.5 Å². The summed E-state index contributed by atoms with van der Waals surface area (Å²) < 4.78 is 0. The number of aryl methyl sites for hydroxylation is 1. The lowest BCUT2D eigenvalue weighted by Crippen LogP contribution is -2.46. The van der Waals surface area contributed by atoms with Gasteiger partial charge in [-0.15, -0.1) is 24.8 Å². The van der Waals surface area contributed by atoms with Crippen molar-refractivity contribution in [3.05, 3.63) is 29.6 Å². The highest BCUT2D eigenvalue weighted by molar-refractivity contribution is 5.85. The Morgan fingerprint density at radius 1 is 1.45 bits per heavy atom. The molecule has 0 bridgehead atoms. The number of halogens is 2. The first-order chi connectivity index (χ1) is 8.63. The minimum atomic E-state index is 0. The van der Waals surface area contributed by atoms with E-state index < -0.39 is 0 Å². The van der Waals surface area contributed by atoms with Gasteiger partial charge in [-0.25, -0.2) is 0 Å². The second-order valence-corrected chi connectivity index (χ2v) is 5.13. The number of hydrogen-bond acceptors (Lipinski definition) is 3. The van der Waals surface area contributed by atoms with Crippen LogP contribution in [0.15, 0.2) is 18.3 Å². The van der Waals surface area contributed by atoms with Crippen molar-refractivity contribution in [1.82, 2.24) is 15.6 Å². The molecule has 2 unspecified atom stereocenters. The fourth-order valence-corrected chi connectivity index (χ4v) is 2.33. The summed E-state index contributed by atoms with van der Waals surface area (Å²) in [6.07, 6.45) is 4.23. The number of pyridine rings is 1. The number of piperidine rings is 1. The molecular weight excluding hydrogens is 297 g/mol. The van der Waals surface area contributed by atoms with Gasteiger partial charge in [0.15, 0.2) is 0 Å². The molecule has 1 amide bonds. The monoisotopic (exact) mass is 319 g/mol. The Morgan fingerprint density at radius 2 is 2.20 bits per heavy atom. The highest BCUT2D eigenvalue weighted by Crippen LogP contribution is 2.08. The predicted molar refractivity (Wildman–Crippen MR) is 85.8 cm³/mol. The Balaban J connectivity index is 0.00000180. The molecule has 1 aliphatic heterocycles. The molecule has 4 nitrogen and oxygen atoms in total. The van der Waals surface area contributed by atoms with Crippen LogP contribution in [-0.2, 0) is 11.2 Å². The van der Waals surface area contributed by atoms with Gasteiger partial charge in [-0.2, -0.15) is 0 Å². The average Bonchev–Trinajstić information content (AvgIpc) is 2.32. The van der Waals surface area contributed by atoms with Crippen molar-refractivity contribution in [3.63, 3.8) is 0 Å². The third-order valence-corrected chi connectivity index (χ3v) is 3.33. The second kappa shape index (κ2) is 9.16. The predicted octanol–water partition coefficient (Wildman–Crippen LogP) is 2.03. The van der Waals surface area contributed by atoms with Crippen molar-refractivity contribution in [2.75, 3.05) is 6.54 Å². The van der Waals surface area contributed by atoms with Gasteiger partial charge in [-0.1, -0.05) is 6.07 Å². The molecule has 2 rings (SSSR count). The molecule has 0 spiro atoms. The Labute approximate surface area is 132 Å². The number of amides is 1. The summed E-state index contributed by atoms with van der Waals surface area (Å²) in [6, 6.07) is 4.71. The van der Waals surface area contributed by atoms with Crippen LogP contribution < -0.4 is 10.6 Å². The Bertz CT molecular complexity index is 411. The van der Waals surface area contributed by atoms with E-state index in [1.165, 1.54) is 0 Å². The van der Waals surface area contributed by atoms with Crippen LogP contribution in [0.5, 0.6) is 0 Å². The van der Waals surface area contributed by atoms with E-state index in [9.17, 15) is 4.79 Å². The largest absolute Gasteiger partial charge is 0.353 e. The van der Waals surface area contributed by atoms with Crippen LogP contribution in [0.25, 0.3) is 0 Å². The standard InChI is InChI=1S/C14H21N3O.2ClH/c1-10-3-4-12(9-16-10)8-14(18)17-13-5-6-15-11(2)7-13;;/h3-4,9,11,13,15H,5-8H2,1-2H3,(H,17,18);2*1H. The first kappa shape index (κ1) is 19.2. The Kier molecular flexibility index (Phi) is 8.78. The molecule has 2 atom stereocenters. The number of hydrogen-bond donors (Lipinski definition) is 2. The van der Waals surface area contributed by atoms with E-state index in [1.54, 1.807) is 6.20 Å². The summed E-state index contributed by atoms with van der Waals surface area (Å²) in [6.45, 7) is 5.08. The van der Waals surface area contributed by atoms with Gasteiger partial charge in [0.1, 0.15) is 0 Å². The second-order valence-electron chi connectivity index (χ2n) is 5.13. The van der Waals surface area contributed by atoms with Gasteiger partial charge in [0, 0.05) is 24.0 Å². The molecule has 1 aromatic heterocycles. The lowest BCUT2D eigenvalue weighted by Gasteiger charge is -2.28. The molecule has 1 aliphatic rings. The molecule has 0 saturated carbocycles. The van der Waals surface area contributed by atoms with Crippen molar-refractivity contribution in [2.45, 2.75) is 45.2 Å². The molecular formula is C14H23Cl2N3O. The molecule has 6 heteroatoms. The molecule has 1 aromatic rings. The normalized spacial score (nSPS) is 21.3. The minimum Gasteiger partial charge on any atom is -0.353 e. The summed E-state index contributed by atoms with van der Waals surface area (Å²) in [4.78, 5) is 16.1. The SMILES string of the molecule is Cc1ccc(CC(=O)NC2CCNC(C)C2)cn1.Cl.Cl. The molecule has 0 radical (unpaired) electrons. The zero-order valence-corrected chi connectivity index (χ0v) is 13.5. The fraction of sp³-hybridized carbons (Fsp3) is 0.571. The van der Waals surface area contributed by atoms with Crippen molar-refractivity contribution in [1.29, 1.82) is 0 Å². The zero-order chi connectivity index (χ0) is 13.0. The molecule has 1 saturated heterocycles. The van der Waals surface area contributed by atoms with Crippen LogP contribution >= 0.6 is 24.8 Å². The molecule has 0 aliphatic carbocycles. The van der Waals surface area contributed by atoms with E-state index in [4.69, 9.17) is 0 Å². The van der Waals surface area contributed by atoms with Gasteiger partial charge in [0.25, 0.3) is 0 Å². The van der Waals surface area contributed by atoms with E-state index in [-0.39, 0.29) is 30.7 Å². The first-order valence-electron chi connectivity index (χ1n) is 6.58. The molecule has 114 valence electrons. The minimum absolute atomic E-state index is 0. The van der Waals surface area contributed by atoms with Crippen molar-refractivity contribution in [2.24, 2.45) is 0 Å². The van der Waals surface area contributed by atoms with Crippen molar-refractivity contribution in [3.8, 4) is 0 Å². The van der Waals surface area contributed by atoms with E-state index in [0.29, 0.717) is 18.5 Å². The molecule has 2 heterocycles. The Hall–Kier alpha value is -0.840. The van der Waals surface area contributed by atoms with Crippen molar-refractivity contribution >= 4 is 30.7 Å². The number of aromatic nitrogens is 1. The van der Waals surface area contributed by atoms with E-state index in [1.807, 2.05) is 19.1 Å². The number of nitrogens with zero attached hydrogens (tertiary/aromatic N) is 1. The molecule has 2 N–H and O–H groups in total. The van der Waals surface area contributed by atoms with E-state index >= 15 is 0 Å². The first-order valence-corrected chi connectivity index (χ1v) is 6.58. The maximum absolute atomic E-state index is 11.9. The summed E-state index contributed by atoms with van der Waals surface area (Å²) >= 11 is 0. The summed E-state index contributed by atoms with van der Waals surface area (Å²) in [5.41, 5.74) is 1.95. The van der Waals surface area contributed by atoms with Crippen LogP contribution in [0.4, 0.5) is 0 Å². The third kappa shape index (κ3) is 6.07. The summed E-state index contributed by atoms with van der Waals surface area (Å²) in [5, 5.41) is 6.49. The maximum atomic E-state index is 11.9. The lowest BCUT2D eigenvalue weighted by molar-refractivity contribution is -0.121. The van der Waals surface area contributed by atoms with Crippen LogP contribution in [0.2, 0.25) is 0 Å². The number of nitrogens with one attached hydrogen (secondary N) is 2. The van der Waals surface area contributed by atoms with Gasteiger partial charge >= 0.3 is 0 Å². The Morgan fingerprint density at radius 3 is 2.80 bits per heavy atom. The highest BCUT2D eigenvalue weighted by atomic mass is 35.5. The smallest absolute Gasteiger partial charge is 0.224 e. The van der Waals surface area contributed by atoms with E-state index in [0.717, 1.165) is 30.6 Å². The summed E-state index contributed by atoms with van der Waals surface area (Å²) in [5.74, 6) is 0.0970. The number of carbonyl (C=O) groups is 1.